The van der Waals surface area contributed by atoms with Gasteiger partial charge < -0.3 is 10.0 Å². The molecule has 94 valence electrons. The molecule has 1 heterocycles. The third-order valence-corrected chi connectivity index (χ3v) is 5.36. The number of aliphatic hydroxyl groups excluding tert-OH is 1. The van der Waals surface area contributed by atoms with E-state index in [2.05, 4.69) is 30.5 Å². The first-order valence-corrected chi connectivity index (χ1v) is 7.51. The molecular weight excluding hydrogens is 218 g/mol. The van der Waals surface area contributed by atoms with Crippen molar-refractivity contribution in [3.8, 4) is 0 Å². The Hall–Kier alpha value is 0.270. The van der Waals surface area contributed by atoms with Gasteiger partial charge in [0.2, 0.25) is 0 Å². The van der Waals surface area contributed by atoms with Crippen LogP contribution >= 0.6 is 11.8 Å². The number of hydrogen-bond acceptors (Lipinski definition) is 3. The van der Waals surface area contributed by atoms with Crippen LogP contribution in [0.3, 0.4) is 0 Å². The lowest BCUT2D eigenvalue weighted by molar-refractivity contribution is 0.0762. The third-order valence-electron chi connectivity index (χ3n) is 4.06. The van der Waals surface area contributed by atoms with E-state index in [0.29, 0.717) is 11.4 Å². The molecule has 0 aromatic carbocycles. The Labute approximate surface area is 104 Å². The van der Waals surface area contributed by atoms with Crippen molar-refractivity contribution in [1.29, 1.82) is 0 Å². The van der Waals surface area contributed by atoms with Crippen LogP contribution < -0.4 is 0 Å². The smallest absolute Gasteiger partial charge is 0.0499 e. The molecule has 0 unspecified atom stereocenters. The Morgan fingerprint density at radius 1 is 1.25 bits per heavy atom. The summed E-state index contributed by atoms with van der Waals surface area (Å²) in [5.41, 5.74) is 0.234. The van der Waals surface area contributed by atoms with Gasteiger partial charge in [-0.3, -0.25) is 0 Å². The third kappa shape index (κ3) is 2.93. The molecule has 1 saturated carbocycles. The summed E-state index contributed by atoms with van der Waals surface area (Å²) in [5.74, 6) is 1.24. The van der Waals surface area contributed by atoms with Crippen molar-refractivity contribution in [2.24, 2.45) is 5.41 Å². The first-order valence-electron chi connectivity index (χ1n) is 6.53. The standard InChI is InChI=1S/C13H25NOS/c1-12(2)9-14(7-8-16-12)10-13(11-15)5-3-4-6-13/h15H,3-11H2,1-2H3. The van der Waals surface area contributed by atoms with Crippen LogP contribution in [-0.4, -0.2) is 46.7 Å². The van der Waals surface area contributed by atoms with E-state index in [4.69, 9.17) is 0 Å². The number of thioether (sulfide) groups is 1. The maximum absolute atomic E-state index is 9.65. The average molecular weight is 243 g/mol. The van der Waals surface area contributed by atoms with Gasteiger partial charge >= 0.3 is 0 Å². The zero-order valence-corrected chi connectivity index (χ0v) is 11.5. The van der Waals surface area contributed by atoms with Gasteiger partial charge in [-0.1, -0.05) is 12.8 Å². The molecule has 2 fully saturated rings. The van der Waals surface area contributed by atoms with Gasteiger partial charge in [-0.25, -0.2) is 0 Å². The van der Waals surface area contributed by atoms with E-state index in [-0.39, 0.29) is 5.41 Å². The van der Waals surface area contributed by atoms with E-state index in [1.54, 1.807) is 0 Å². The molecule has 0 aromatic rings. The Morgan fingerprint density at radius 2 is 1.94 bits per heavy atom. The van der Waals surface area contributed by atoms with Crippen molar-refractivity contribution in [3.63, 3.8) is 0 Å². The second kappa shape index (κ2) is 4.87. The predicted molar refractivity (Wildman–Crippen MR) is 71.0 cm³/mol. The molecule has 2 nitrogen and oxygen atoms in total. The molecule has 0 amide bonds. The molecule has 1 saturated heterocycles. The van der Waals surface area contributed by atoms with Crippen LogP contribution in [0, 0.1) is 5.41 Å². The fraction of sp³-hybridized carbons (Fsp3) is 1.00. The average Bonchev–Trinajstić information content (AvgIpc) is 2.65. The lowest BCUT2D eigenvalue weighted by Gasteiger charge is -2.41. The van der Waals surface area contributed by atoms with Gasteiger partial charge in [0.1, 0.15) is 0 Å². The first-order chi connectivity index (χ1) is 7.55. The minimum absolute atomic E-state index is 0.234. The summed E-state index contributed by atoms with van der Waals surface area (Å²) in [5, 5.41) is 9.65. The van der Waals surface area contributed by atoms with Crippen molar-refractivity contribution in [3.05, 3.63) is 0 Å². The Morgan fingerprint density at radius 3 is 2.50 bits per heavy atom. The molecule has 0 radical (unpaired) electrons. The van der Waals surface area contributed by atoms with Crippen molar-refractivity contribution in [2.75, 3.05) is 32.0 Å². The van der Waals surface area contributed by atoms with Gasteiger partial charge in [-0.15, -0.1) is 0 Å². The minimum Gasteiger partial charge on any atom is -0.396 e. The molecule has 2 rings (SSSR count). The lowest BCUT2D eigenvalue weighted by Crippen LogP contribution is -2.48. The largest absolute Gasteiger partial charge is 0.396 e. The highest BCUT2D eigenvalue weighted by molar-refractivity contribution is 8.00. The highest BCUT2D eigenvalue weighted by Crippen LogP contribution is 2.40. The monoisotopic (exact) mass is 243 g/mol. The van der Waals surface area contributed by atoms with Gasteiger partial charge in [0.15, 0.2) is 0 Å². The molecule has 3 heteroatoms. The zero-order chi connectivity index (χ0) is 11.6. The number of nitrogens with zero attached hydrogens (tertiary/aromatic N) is 1. The van der Waals surface area contributed by atoms with Gasteiger partial charge in [-0.2, -0.15) is 11.8 Å². The minimum atomic E-state index is 0.234. The van der Waals surface area contributed by atoms with E-state index < -0.39 is 0 Å². The van der Waals surface area contributed by atoms with Crippen molar-refractivity contribution >= 4 is 11.8 Å². The van der Waals surface area contributed by atoms with Crippen LogP contribution in [0.25, 0.3) is 0 Å². The highest BCUT2D eigenvalue weighted by atomic mass is 32.2. The quantitative estimate of drug-likeness (QED) is 0.823. The van der Waals surface area contributed by atoms with E-state index >= 15 is 0 Å². The fourth-order valence-corrected chi connectivity index (χ4v) is 4.39. The molecule has 1 N–H and O–H groups in total. The van der Waals surface area contributed by atoms with Crippen LogP contribution in [-0.2, 0) is 0 Å². The van der Waals surface area contributed by atoms with E-state index in [0.717, 1.165) is 6.54 Å². The lowest BCUT2D eigenvalue weighted by atomic mass is 9.86. The van der Waals surface area contributed by atoms with Crippen LogP contribution in [0.15, 0.2) is 0 Å². The van der Waals surface area contributed by atoms with Gasteiger partial charge in [0, 0.05) is 42.2 Å². The number of aliphatic hydroxyl groups is 1. The van der Waals surface area contributed by atoms with Crippen LogP contribution in [0.4, 0.5) is 0 Å². The van der Waals surface area contributed by atoms with Gasteiger partial charge in [0.05, 0.1) is 0 Å². The van der Waals surface area contributed by atoms with Crippen LogP contribution in [0.2, 0.25) is 0 Å². The molecule has 0 spiro atoms. The highest BCUT2D eigenvalue weighted by Gasteiger charge is 2.37. The summed E-state index contributed by atoms with van der Waals surface area (Å²) in [7, 11) is 0. The summed E-state index contributed by atoms with van der Waals surface area (Å²) in [4.78, 5) is 2.58. The van der Waals surface area contributed by atoms with Crippen LogP contribution in [0.1, 0.15) is 39.5 Å². The molecule has 1 aliphatic carbocycles. The Bertz CT molecular complexity index is 236. The second-order valence-corrected chi connectivity index (χ2v) is 7.99. The fourth-order valence-electron chi connectivity index (χ4n) is 3.21. The van der Waals surface area contributed by atoms with E-state index in [1.165, 1.54) is 44.5 Å². The Balaban J connectivity index is 1.93. The van der Waals surface area contributed by atoms with E-state index in [1.807, 2.05) is 0 Å². The summed E-state index contributed by atoms with van der Waals surface area (Å²) < 4.78 is 0.396. The molecule has 0 atom stereocenters. The maximum atomic E-state index is 9.65. The molecule has 16 heavy (non-hydrogen) atoms. The molecule has 0 aromatic heterocycles. The number of hydrogen-bond donors (Lipinski definition) is 1. The Kier molecular flexibility index (Phi) is 3.87. The predicted octanol–water partition coefficient (Wildman–Crippen LogP) is 2.37. The second-order valence-electron chi connectivity index (χ2n) is 6.18. The topological polar surface area (TPSA) is 23.5 Å². The van der Waals surface area contributed by atoms with Crippen molar-refractivity contribution in [1.82, 2.24) is 4.90 Å². The maximum Gasteiger partial charge on any atom is 0.0499 e. The molecule has 0 bridgehead atoms. The zero-order valence-electron chi connectivity index (χ0n) is 10.7. The molecule has 1 aliphatic heterocycles. The van der Waals surface area contributed by atoms with Crippen LogP contribution in [0.5, 0.6) is 0 Å². The number of rotatable bonds is 3. The molecular formula is C13H25NOS. The normalized spacial score (nSPS) is 29.4. The van der Waals surface area contributed by atoms with Crippen molar-refractivity contribution < 1.29 is 5.11 Å². The molecule has 2 aliphatic rings. The summed E-state index contributed by atoms with van der Waals surface area (Å²) in [6.45, 7) is 8.56. The van der Waals surface area contributed by atoms with Crippen molar-refractivity contribution in [2.45, 2.75) is 44.3 Å². The SMILES string of the molecule is CC1(C)CN(CC2(CO)CCCC2)CCS1. The summed E-state index contributed by atoms with van der Waals surface area (Å²) >= 11 is 2.08. The van der Waals surface area contributed by atoms with Gasteiger partial charge in [-0.05, 0) is 26.7 Å². The summed E-state index contributed by atoms with van der Waals surface area (Å²) in [6.07, 6.45) is 5.08. The van der Waals surface area contributed by atoms with E-state index in [9.17, 15) is 5.11 Å². The summed E-state index contributed by atoms with van der Waals surface area (Å²) in [6, 6.07) is 0. The first kappa shape index (κ1) is 12.7. The van der Waals surface area contributed by atoms with Gasteiger partial charge in [0.25, 0.3) is 0 Å².